The summed E-state index contributed by atoms with van der Waals surface area (Å²) in [4.78, 5) is 12.0. The minimum atomic E-state index is -0.130. The van der Waals surface area contributed by atoms with Crippen molar-refractivity contribution in [2.75, 3.05) is 18.1 Å². The van der Waals surface area contributed by atoms with Gasteiger partial charge in [0.2, 0.25) is 11.0 Å². The summed E-state index contributed by atoms with van der Waals surface area (Å²) in [5.41, 5.74) is 0.908. The summed E-state index contributed by atoms with van der Waals surface area (Å²) in [5.74, 6) is 0.237. The molecule has 5 nitrogen and oxygen atoms in total. The van der Waals surface area contributed by atoms with Gasteiger partial charge in [0.25, 0.3) is 0 Å². The van der Waals surface area contributed by atoms with Crippen LogP contribution in [-0.2, 0) is 4.79 Å². The highest BCUT2D eigenvalue weighted by Crippen LogP contribution is 2.25. The molecule has 0 fully saturated rings. The predicted octanol–water partition coefficient (Wildman–Crippen LogP) is 3.20. The number of anilines is 1. The van der Waals surface area contributed by atoms with Crippen LogP contribution in [0.15, 0.2) is 28.6 Å². The van der Waals surface area contributed by atoms with Crippen LogP contribution in [0.2, 0.25) is 5.02 Å². The molecule has 112 valence electrons. The van der Waals surface area contributed by atoms with Crippen molar-refractivity contribution in [3.8, 4) is 0 Å². The number of amides is 1. The molecule has 2 aromatic rings. The fourth-order valence-electron chi connectivity index (χ4n) is 1.68. The first-order valence-corrected chi connectivity index (χ1v) is 8.46. The summed E-state index contributed by atoms with van der Waals surface area (Å²) in [6, 6.07) is 7.36. The zero-order valence-electron chi connectivity index (χ0n) is 11.6. The average Bonchev–Trinajstić information content (AvgIpc) is 2.93. The Hall–Kier alpha value is -1.31. The molecule has 0 aliphatic heterocycles. The second kappa shape index (κ2) is 7.63. The maximum Gasteiger partial charge on any atom is 0.230 e. The zero-order valence-corrected chi connectivity index (χ0v) is 14.0. The van der Waals surface area contributed by atoms with Crippen molar-refractivity contribution in [1.82, 2.24) is 15.5 Å². The molecule has 0 aliphatic carbocycles. The number of halogens is 1. The van der Waals surface area contributed by atoms with Gasteiger partial charge in [-0.1, -0.05) is 52.9 Å². The van der Waals surface area contributed by atoms with Crippen LogP contribution in [-0.4, -0.2) is 28.9 Å². The summed E-state index contributed by atoms with van der Waals surface area (Å²) in [6.07, 6.45) is 0. The third-order valence-electron chi connectivity index (χ3n) is 2.70. The first-order valence-electron chi connectivity index (χ1n) is 6.28. The minimum absolute atomic E-state index is 0.0615. The van der Waals surface area contributed by atoms with Crippen LogP contribution in [0.5, 0.6) is 0 Å². The van der Waals surface area contributed by atoms with Gasteiger partial charge in [-0.15, -0.1) is 10.2 Å². The third-order valence-corrected chi connectivity index (χ3v) is 5.11. The van der Waals surface area contributed by atoms with E-state index in [0.29, 0.717) is 10.8 Å². The van der Waals surface area contributed by atoms with Crippen molar-refractivity contribution in [2.24, 2.45) is 0 Å². The fourth-order valence-corrected chi connectivity index (χ4v) is 3.50. The topological polar surface area (TPSA) is 66.9 Å². The fraction of sp³-hybridized carbons (Fsp3) is 0.308. The Morgan fingerprint density at radius 2 is 2.19 bits per heavy atom. The molecule has 0 radical (unpaired) electrons. The number of carbonyl (C=O) groups is 1. The lowest BCUT2D eigenvalue weighted by molar-refractivity contribution is -0.119. The Labute approximate surface area is 136 Å². The lowest BCUT2D eigenvalue weighted by Gasteiger charge is -2.15. The van der Waals surface area contributed by atoms with Gasteiger partial charge < -0.3 is 10.6 Å². The Morgan fingerprint density at radius 3 is 2.86 bits per heavy atom. The van der Waals surface area contributed by atoms with Gasteiger partial charge in [0.05, 0.1) is 11.8 Å². The van der Waals surface area contributed by atoms with Crippen LogP contribution < -0.4 is 10.6 Å². The van der Waals surface area contributed by atoms with Crippen LogP contribution in [0.1, 0.15) is 18.5 Å². The van der Waals surface area contributed by atoms with E-state index in [1.165, 1.54) is 23.1 Å². The molecule has 1 aromatic carbocycles. The van der Waals surface area contributed by atoms with Crippen molar-refractivity contribution in [1.29, 1.82) is 0 Å². The number of rotatable bonds is 6. The van der Waals surface area contributed by atoms with E-state index < -0.39 is 0 Å². The number of aromatic nitrogens is 2. The number of nitrogens with one attached hydrogen (secondary N) is 2. The highest BCUT2D eigenvalue weighted by atomic mass is 35.5. The smallest absolute Gasteiger partial charge is 0.230 e. The number of benzene rings is 1. The molecule has 0 spiro atoms. The summed E-state index contributed by atoms with van der Waals surface area (Å²) in [6.45, 7) is 1.91. The van der Waals surface area contributed by atoms with Crippen LogP contribution >= 0.6 is 34.7 Å². The highest BCUT2D eigenvalue weighted by Gasteiger charge is 2.13. The van der Waals surface area contributed by atoms with Gasteiger partial charge in [0.15, 0.2) is 4.34 Å². The molecule has 21 heavy (non-hydrogen) atoms. The standard InChI is InChI=1S/C13H15ClN4OS2/c1-8(9-5-3-4-6-10(9)14)16-11(19)7-20-13-18-17-12(15-2)21-13/h3-6,8H,7H2,1-2H3,(H,15,17)(H,16,19)/t8-/m0/s1. The quantitative estimate of drug-likeness (QED) is 0.789. The maximum absolute atomic E-state index is 12.0. The number of hydrogen-bond donors (Lipinski definition) is 2. The molecule has 2 N–H and O–H groups in total. The Balaban J connectivity index is 1.85. The van der Waals surface area contributed by atoms with Gasteiger partial charge in [-0.05, 0) is 18.6 Å². The molecule has 0 aliphatic rings. The van der Waals surface area contributed by atoms with E-state index in [1.54, 1.807) is 7.05 Å². The molecule has 0 unspecified atom stereocenters. The zero-order chi connectivity index (χ0) is 15.2. The van der Waals surface area contributed by atoms with Crippen LogP contribution in [0.25, 0.3) is 0 Å². The molecule has 1 amide bonds. The summed E-state index contributed by atoms with van der Waals surface area (Å²) in [7, 11) is 1.78. The van der Waals surface area contributed by atoms with Crippen LogP contribution in [0, 0.1) is 0 Å². The van der Waals surface area contributed by atoms with Crippen molar-refractivity contribution in [3.05, 3.63) is 34.9 Å². The average molecular weight is 343 g/mol. The first kappa shape index (κ1) is 16.1. The lowest BCUT2D eigenvalue weighted by Crippen LogP contribution is -2.28. The van der Waals surface area contributed by atoms with Crippen molar-refractivity contribution in [2.45, 2.75) is 17.3 Å². The van der Waals surface area contributed by atoms with E-state index in [4.69, 9.17) is 11.6 Å². The largest absolute Gasteiger partial charge is 0.363 e. The van der Waals surface area contributed by atoms with Gasteiger partial charge in [-0.25, -0.2) is 0 Å². The molecule has 1 heterocycles. The molecular weight excluding hydrogens is 328 g/mol. The Bertz CT molecular complexity index is 620. The SMILES string of the molecule is CNc1nnc(SCC(=O)N[C@@H](C)c2ccccc2Cl)s1. The summed E-state index contributed by atoms with van der Waals surface area (Å²) in [5, 5.41) is 15.1. The van der Waals surface area contributed by atoms with E-state index in [1.807, 2.05) is 31.2 Å². The minimum Gasteiger partial charge on any atom is -0.363 e. The van der Waals surface area contributed by atoms with Crippen LogP contribution in [0.4, 0.5) is 5.13 Å². The van der Waals surface area contributed by atoms with Crippen LogP contribution in [0.3, 0.4) is 0 Å². The van der Waals surface area contributed by atoms with Crippen molar-refractivity contribution in [3.63, 3.8) is 0 Å². The molecule has 1 atom stereocenters. The number of thioether (sulfide) groups is 1. The number of hydrogen-bond acceptors (Lipinski definition) is 6. The van der Waals surface area contributed by atoms with Crippen molar-refractivity contribution >= 4 is 45.7 Å². The number of nitrogens with zero attached hydrogens (tertiary/aromatic N) is 2. The Kier molecular flexibility index (Phi) is 5.84. The van der Waals surface area contributed by atoms with E-state index in [0.717, 1.165) is 15.0 Å². The summed E-state index contributed by atoms with van der Waals surface area (Å²) >= 11 is 8.90. The highest BCUT2D eigenvalue weighted by molar-refractivity contribution is 8.01. The normalized spacial score (nSPS) is 12.0. The van der Waals surface area contributed by atoms with E-state index >= 15 is 0 Å². The maximum atomic E-state index is 12.0. The second-order valence-electron chi connectivity index (χ2n) is 4.22. The van der Waals surface area contributed by atoms with Crippen molar-refractivity contribution < 1.29 is 4.79 Å². The number of carbonyl (C=O) groups excluding carboxylic acids is 1. The summed E-state index contributed by atoms with van der Waals surface area (Å²) < 4.78 is 0.764. The van der Waals surface area contributed by atoms with Gasteiger partial charge in [-0.2, -0.15) is 0 Å². The lowest BCUT2D eigenvalue weighted by atomic mass is 10.1. The predicted molar refractivity (Wildman–Crippen MR) is 88.2 cm³/mol. The van der Waals surface area contributed by atoms with E-state index in [9.17, 15) is 4.79 Å². The van der Waals surface area contributed by atoms with Gasteiger partial charge >= 0.3 is 0 Å². The van der Waals surface area contributed by atoms with Gasteiger partial charge in [-0.3, -0.25) is 4.79 Å². The molecule has 0 saturated heterocycles. The first-order chi connectivity index (χ1) is 10.1. The van der Waals surface area contributed by atoms with E-state index in [2.05, 4.69) is 20.8 Å². The molecular formula is C13H15ClN4OS2. The van der Waals surface area contributed by atoms with Gasteiger partial charge in [0, 0.05) is 12.1 Å². The molecule has 0 saturated carbocycles. The van der Waals surface area contributed by atoms with Gasteiger partial charge in [0.1, 0.15) is 0 Å². The molecule has 2 rings (SSSR count). The molecule has 0 bridgehead atoms. The van der Waals surface area contributed by atoms with E-state index in [-0.39, 0.29) is 11.9 Å². The second-order valence-corrected chi connectivity index (χ2v) is 6.83. The monoisotopic (exact) mass is 342 g/mol. The molecule has 1 aromatic heterocycles. The third kappa shape index (κ3) is 4.59. The Morgan fingerprint density at radius 1 is 1.43 bits per heavy atom. The molecule has 8 heteroatoms.